The third kappa shape index (κ3) is 6.51. The van der Waals surface area contributed by atoms with Crippen molar-refractivity contribution >= 4 is 29.1 Å². The molecule has 1 heterocycles. The second kappa shape index (κ2) is 10.1. The smallest absolute Gasteiger partial charge is 0.224 e. The minimum Gasteiger partial charge on any atom is -0.378 e. The van der Waals surface area contributed by atoms with Crippen molar-refractivity contribution in [3.8, 4) is 0 Å². The van der Waals surface area contributed by atoms with Crippen LogP contribution in [0.1, 0.15) is 17.5 Å². The van der Waals surface area contributed by atoms with Crippen molar-refractivity contribution in [1.29, 1.82) is 0 Å². The first-order valence-electron chi connectivity index (χ1n) is 9.18. The molecular formula is C21H24Cl2N2O2. The van der Waals surface area contributed by atoms with E-state index in [0.29, 0.717) is 36.2 Å². The van der Waals surface area contributed by atoms with E-state index in [9.17, 15) is 4.79 Å². The Morgan fingerprint density at radius 3 is 2.59 bits per heavy atom. The van der Waals surface area contributed by atoms with E-state index in [1.165, 1.54) is 0 Å². The molecule has 2 N–H and O–H groups in total. The maximum Gasteiger partial charge on any atom is 0.224 e. The molecule has 27 heavy (non-hydrogen) atoms. The lowest BCUT2D eigenvalue weighted by molar-refractivity contribution is -0.120. The highest BCUT2D eigenvalue weighted by Crippen LogP contribution is 2.23. The fourth-order valence-corrected chi connectivity index (χ4v) is 3.57. The molecule has 2 aromatic rings. The molecule has 144 valence electrons. The summed E-state index contributed by atoms with van der Waals surface area (Å²) in [6.45, 7) is 1.95. The van der Waals surface area contributed by atoms with Crippen LogP contribution >= 0.6 is 23.2 Å². The minimum atomic E-state index is 0.0466. The van der Waals surface area contributed by atoms with E-state index >= 15 is 0 Å². The first-order chi connectivity index (χ1) is 13.1. The summed E-state index contributed by atoms with van der Waals surface area (Å²) in [5.41, 5.74) is 2.15. The molecule has 2 atom stereocenters. The summed E-state index contributed by atoms with van der Waals surface area (Å²) < 4.78 is 5.74. The molecule has 0 aromatic heterocycles. The summed E-state index contributed by atoms with van der Waals surface area (Å²) in [6.07, 6.45) is 2.07. The molecule has 2 aromatic carbocycles. The number of nitrogens with one attached hydrogen (secondary N) is 2. The molecule has 1 aliphatic rings. The largest absolute Gasteiger partial charge is 0.378 e. The van der Waals surface area contributed by atoms with Crippen LogP contribution in [0, 0.1) is 0 Å². The lowest BCUT2D eigenvalue weighted by atomic mass is 10.0. The van der Waals surface area contributed by atoms with Crippen LogP contribution in [0.25, 0.3) is 0 Å². The highest BCUT2D eigenvalue weighted by Gasteiger charge is 2.22. The van der Waals surface area contributed by atoms with Crippen LogP contribution in [0.3, 0.4) is 0 Å². The molecule has 0 radical (unpaired) electrons. The third-order valence-electron chi connectivity index (χ3n) is 4.60. The second-order valence-corrected chi connectivity index (χ2v) is 7.67. The first-order valence-corrected chi connectivity index (χ1v) is 9.94. The number of amides is 1. The molecule has 0 saturated carbocycles. The van der Waals surface area contributed by atoms with Gasteiger partial charge in [-0.2, -0.15) is 0 Å². The third-order valence-corrected chi connectivity index (χ3v) is 5.34. The SMILES string of the molecule is O=C(Cc1ccccc1)NCCC1COCC(Cc2ccc(Cl)c(Cl)c2)N1. The molecule has 0 bridgehead atoms. The predicted molar refractivity (Wildman–Crippen MR) is 109 cm³/mol. The fourth-order valence-electron chi connectivity index (χ4n) is 3.25. The quantitative estimate of drug-likeness (QED) is 0.737. The molecule has 6 heteroatoms. The van der Waals surface area contributed by atoms with Crippen LogP contribution in [0.4, 0.5) is 0 Å². The Morgan fingerprint density at radius 1 is 1.04 bits per heavy atom. The Morgan fingerprint density at radius 2 is 1.81 bits per heavy atom. The Kier molecular flexibility index (Phi) is 7.53. The van der Waals surface area contributed by atoms with Crippen molar-refractivity contribution in [1.82, 2.24) is 10.6 Å². The van der Waals surface area contributed by atoms with Gasteiger partial charge in [-0.3, -0.25) is 4.79 Å². The number of benzene rings is 2. The van der Waals surface area contributed by atoms with Crippen LogP contribution in [-0.2, 0) is 22.4 Å². The van der Waals surface area contributed by atoms with Crippen molar-refractivity contribution in [2.24, 2.45) is 0 Å². The van der Waals surface area contributed by atoms with Gasteiger partial charge >= 0.3 is 0 Å². The van der Waals surface area contributed by atoms with Crippen molar-refractivity contribution in [2.75, 3.05) is 19.8 Å². The molecule has 3 rings (SSSR count). The van der Waals surface area contributed by atoms with Crippen LogP contribution in [0.2, 0.25) is 10.0 Å². The monoisotopic (exact) mass is 406 g/mol. The Balaban J connectivity index is 1.40. The molecule has 0 aliphatic carbocycles. The van der Waals surface area contributed by atoms with E-state index in [1.807, 2.05) is 48.5 Å². The van der Waals surface area contributed by atoms with E-state index in [2.05, 4.69) is 10.6 Å². The van der Waals surface area contributed by atoms with Gasteiger partial charge in [-0.1, -0.05) is 59.6 Å². The van der Waals surface area contributed by atoms with Crippen molar-refractivity contribution in [3.63, 3.8) is 0 Å². The predicted octanol–water partition coefficient (Wildman–Crippen LogP) is 3.64. The molecule has 1 saturated heterocycles. The number of ether oxygens (including phenoxy) is 1. The van der Waals surface area contributed by atoms with E-state index < -0.39 is 0 Å². The van der Waals surface area contributed by atoms with Gasteiger partial charge in [0.1, 0.15) is 0 Å². The summed E-state index contributed by atoms with van der Waals surface area (Å²) in [7, 11) is 0. The summed E-state index contributed by atoms with van der Waals surface area (Å²) in [5.74, 6) is 0.0466. The molecule has 1 amide bonds. The topological polar surface area (TPSA) is 50.4 Å². The zero-order valence-electron chi connectivity index (χ0n) is 15.1. The van der Waals surface area contributed by atoms with Crippen LogP contribution in [0.15, 0.2) is 48.5 Å². The van der Waals surface area contributed by atoms with Crippen LogP contribution in [-0.4, -0.2) is 37.7 Å². The van der Waals surface area contributed by atoms with Gasteiger partial charge in [0.2, 0.25) is 5.91 Å². The van der Waals surface area contributed by atoms with Gasteiger partial charge in [-0.15, -0.1) is 0 Å². The maximum atomic E-state index is 12.0. The standard InChI is InChI=1S/C21H24Cl2N2O2/c22-19-7-6-16(11-20(19)23)10-18-14-27-13-17(25-18)8-9-24-21(26)12-15-4-2-1-3-5-15/h1-7,11,17-18,25H,8-10,12-14H2,(H,24,26). The van der Waals surface area contributed by atoms with Crippen LogP contribution < -0.4 is 10.6 Å². The number of carbonyl (C=O) groups excluding carboxylic acids is 1. The van der Waals surface area contributed by atoms with Gasteiger partial charge in [0, 0.05) is 18.6 Å². The zero-order chi connectivity index (χ0) is 19.1. The second-order valence-electron chi connectivity index (χ2n) is 6.85. The van der Waals surface area contributed by atoms with Gasteiger partial charge in [0.05, 0.1) is 29.7 Å². The van der Waals surface area contributed by atoms with Gasteiger partial charge < -0.3 is 15.4 Å². The van der Waals surface area contributed by atoms with E-state index in [-0.39, 0.29) is 18.0 Å². The number of carbonyl (C=O) groups is 1. The van der Waals surface area contributed by atoms with Crippen molar-refractivity contribution < 1.29 is 9.53 Å². The van der Waals surface area contributed by atoms with Gasteiger partial charge in [-0.05, 0) is 36.1 Å². The number of hydrogen-bond acceptors (Lipinski definition) is 3. The van der Waals surface area contributed by atoms with Crippen molar-refractivity contribution in [2.45, 2.75) is 31.3 Å². The van der Waals surface area contributed by atoms with E-state index in [1.54, 1.807) is 0 Å². The number of halogens is 2. The summed E-state index contributed by atoms with van der Waals surface area (Å²) in [5, 5.41) is 7.74. The number of hydrogen-bond donors (Lipinski definition) is 2. The van der Waals surface area contributed by atoms with E-state index in [0.717, 1.165) is 24.0 Å². The summed E-state index contributed by atoms with van der Waals surface area (Å²) >= 11 is 12.1. The first kappa shape index (κ1) is 20.2. The van der Waals surface area contributed by atoms with E-state index in [4.69, 9.17) is 27.9 Å². The zero-order valence-corrected chi connectivity index (χ0v) is 16.6. The summed E-state index contributed by atoms with van der Waals surface area (Å²) in [4.78, 5) is 12.0. The number of rotatable bonds is 7. The van der Waals surface area contributed by atoms with Crippen molar-refractivity contribution in [3.05, 3.63) is 69.7 Å². The molecule has 4 nitrogen and oxygen atoms in total. The Hall–Kier alpha value is -1.59. The molecule has 1 fully saturated rings. The fraction of sp³-hybridized carbons (Fsp3) is 0.381. The Bertz CT molecular complexity index is 755. The van der Waals surface area contributed by atoms with Gasteiger partial charge in [0.25, 0.3) is 0 Å². The normalized spacial score (nSPS) is 19.6. The molecule has 0 spiro atoms. The molecule has 1 aliphatic heterocycles. The number of morpholine rings is 1. The van der Waals surface area contributed by atoms with Gasteiger partial charge in [-0.25, -0.2) is 0 Å². The lowest BCUT2D eigenvalue weighted by Crippen LogP contribution is -2.50. The maximum absolute atomic E-state index is 12.0. The average Bonchev–Trinajstić information content (AvgIpc) is 2.66. The highest BCUT2D eigenvalue weighted by atomic mass is 35.5. The average molecular weight is 407 g/mol. The molecule has 2 unspecified atom stereocenters. The highest BCUT2D eigenvalue weighted by molar-refractivity contribution is 6.42. The minimum absolute atomic E-state index is 0.0466. The lowest BCUT2D eigenvalue weighted by Gasteiger charge is -2.31. The van der Waals surface area contributed by atoms with Crippen LogP contribution in [0.5, 0.6) is 0 Å². The Labute approximate surface area is 170 Å². The van der Waals surface area contributed by atoms with Gasteiger partial charge in [0.15, 0.2) is 0 Å². The molecular weight excluding hydrogens is 383 g/mol. The summed E-state index contributed by atoms with van der Waals surface area (Å²) in [6, 6.07) is 15.9.